The Morgan fingerprint density at radius 3 is 2.50 bits per heavy atom. The van der Waals surface area contributed by atoms with E-state index in [-0.39, 0.29) is 12.4 Å². The van der Waals surface area contributed by atoms with Crippen molar-refractivity contribution in [3.8, 4) is 11.5 Å². The second-order valence-corrected chi connectivity index (χ2v) is 6.32. The predicted molar refractivity (Wildman–Crippen MR) is 68.8 cm³/mol. The summed E-state index contributed by atoms with van der Waals surface area (Å²) in [7, 11) is -1.55. The molecule has 6 heteroatoms. The minimum absolute atomic E-state index is 0.0473. The third-order valence-corrected chi connectivity index (χ3v) is 3.29. The first-order chi connectivity index (χ1) is 8.33. The minimum Gasteiger partial charge on any atom is -0.493 e. The van der Waals surface area contributed by atoms with E-state index >= 15 is 0 Å². The summed E-state index contributed by atoms with van der Waals surface area (Å²) in [4.78, 5) is 0. The van der Waals surface area contributed by atoms with Gasteiger partial charge in [-0.1, -0.05) is 6.07 Å². The molecule has 1 aromatic rings. The van der Waals surface area contributed by atoms with Gasteiger partial charge in [-0.3, -0.25) is 0 Å². The van der Waals surface area contributed by atoms with Crippen LogP contribution in [0.25, 0.3) is 0 Å². The summed E-state index contributed by atoms with van der Waals surface area (Å²) in [5.41, 5.74) is 0.710. The number of benzene rings is 1. The Morgan fingerprint density at radius 2 is 2.00 bits per heavy atom. The Labute approximate surface area is 107 Å². The van der Waals surface area contributed by atoms with Gasteiger partial charge in [-0.25, -0.2) is 8.42 Å². The van der Waals surface area contributed by atoms with E-state index in [9.17, 15) is 13.5 Å². The quantitative estimate of drug-likeness (QED) is 0.843. The van der Waals surface area contributed by atoms with Crippen LogP contribution in [0.3, 0.4) is 0 Å². The number of hydrogen-bond acceptors (Lipinski definition) is 5. The highest BCUT2D eigenvalue weighted by molar-refractivity contribution is 7.90. The molecule has 0 heterocycles. The van der Waals surface area contributed by atoms with Crippen LogP contribution < -0.4 is 9.47 Å². The molecule has 18 heavy (non-hydrogen) atoms. The average Bonchev–Trinajstić information content (AvgIpc) is 2.27. The van der Waals surface area contributed by atoms with E-state index in [1.165, 1.54) is 7.11 Å². The van der Waals surface area contributed by atoms with Gasteiger partial charge in [-0.2, -0.15) is 0 Å². The van der Waals surface area contributed by atoms with Gasteiger partial charge < -0.3 is 14.6 Å². The molecule has 1 N–H and O–H groups in total. The van der Waals surface area contributed by atoms with Gasteiger partial charge in [-0.05, 0) is 24.6 Å². The molecule has 0 spiro atoms. The maximum Gasteiger partial charge on any atom is 0.161 e. The van der Waals surface area contributed by atoms with Crippen LogP contribution in [0.5, 0.6) is 11.5 Å². The van der Waals surface area contributed by atoms with Gasteiger partial charge in [0, 0.05) is 6.26 Å². The van der Waals surface area contributed by atoms with E-state index in [1.807, 2.05) is 0 Å². The molecule has 0 aromatic heterocycles. The molecular weight excluding hydrogens is 256 g/mol. The Balaban J connectivity index is 2.77. The molecule has 0 saturated heterocycles. The van der Waals surface area contributed by atoms with Gasteiger partial charge in [0.05, 0.1) is 19.0 Å². The third-order valence-electron chi connectivity index (χ3n) is 2.38. The molecule has 1 rings (SSSR count). The highest BCUT2D eigenvalue weighted by atomic mass is 32.2. The summed E-state index contributed by atoms with van der Waals surface area (Å²) >= 11 is 0. The highest BCUT2D eigenvalue weighted by Crippen LogP contribution is 2.30. The lowest BCUT2D eigenvalue weighted by molar-refractivity contribution is 0.198. The van der Waals surface area contributed by atoms with Gasteiger partial charge >= 0.3 is 0 Å². The average molecular weight is 274 g/mol. The smallest absolute Gasteiger partial charge is 0.161 e. The van der Waals surface area contributed by atoms with E-state index in [0.717, 1.165) is 6.26 Å². The monoisotopic (exact) mass is 274 g/mol. The molecule has 0 aliphatic rings. The SMILES string of the molecule is COc1cc([C@H](C)O)ccc1OCCS(C)(=O)=O. The van der Waals surface area contributed by atoms with E-state index in [4.69, 9.17) is 9.47 Å². The van der Waals surface area contributed by atoms with Crippen molar-refractivity contribution in [1.29, 1.82) is 0 Å². The number of sulfone groups is 1. The Kier molecular flexibility index (Phi) is 4.98. The van der Waals surface area contributed by atoms with Crippen LogP contribution in [0.15, 0.2) is 18.2 Å². The number of hydrogen-bond donors (Lipinski definition) is 1. The van der Waals surface area contributed by atoms with Crippen LogP contribution >= 0.6 is 0 Å². The molecule has 0 fully saturated rings. The molecule has 1 aromatic carbocycles. The summed E-state index contributed by atoms with van der Waals surface area (Å²) in [5.74, 6) is 0.890. The Morgan fingerprint density at radius 1 is 1.33 bits per heavy atom. The minimum atomic E-state index is -3.04. The molecule has 0 amide bonds. The van der Waals surface area contributed by atoms with Crippen molar-refractivity contribution in [3.63, 3.8) is 0 Å². The molecule has 1 atom stereocenters. The molecule has 0 bridgehead atoms. The van der Waals surface area contributed by atoms with Crippen molar-refractivity contribution in [2.24, 2.45) is 0 Å². The van der Waals surface area contributed by atoms with Gasteiger partial charge in [0.15, 0.2) is 21.3 Å². The van der Waals surface area contributed by atoms with Gasteiger partial charge in [-0.15, -0.1) is 0 Å². The number of rotatable bonds is 6. The van der Waals surface area contributed by atoms with E-state index in [1.54, 1.807) is 25.1 Å². The number of aliphatic hydroxyl groups excluding tert-OH is 1. The number of aliphatic hydroxyl groups is 1. The second kappa shape index (κ2) is 6.06. The zero-order valence-electron chi connectivity index (χ0n) is 10.7. The lowest BCUT2D eigenvalue weighted by atomic mass is 10.1. The third kappa shape index (κ3) is 4.54. The number of ether oxygens (including phenoxy) is 2. The summed E-state index contributed by atoms with van der Waals surface area (Å²) in [6.45, 7) is 1.72. The van der Waals surface area contributed by atoms with Crippen LogP contribution in [0.4, 0.5) is 0 Å². The van der Waals surface area contributed by atoms with E-state index < -0.39 is 15.9 Å². The van der Waals surface area contributed by atoms with Crippen molar-refractivity contribution >= 4 is 9.84 Å². The molecule has 0 aliphatic heterocycles. The standard InChI is InChI=1S/C12H18O5S/c1-9(13)10-4-5-11(12(8-10)16-2)17-6-7-18(3,14)15/h4-5,8-9,13H,6-7H2,1-3H3/t9-/m0/s1. The normalized spacial score (nSPS) is 13.1. The summed E-state index contributed by atoms with van der Waals surface area (Å²) < 4.78 is 32.4. The Hall–Kier alpha value is -1.27. The largest absolute Gasteiger partial charge is 0.493 e. The molecular formula is C12H18O5S. The van der Waals surface area contributed by atoms with Crippen molar-refractivity contribution in [2.45, 2.75) is 13.0 Å². The fourth-order valence-corrected chi connectivity index (χ4v) is 1.75. The summed E-state index contributed by atoms with van der Waals surface area (Å²) in [5, 5.41) is 9.44. The van der Waals surface area contributed by atoms with Crippen molar-refractivity contribution in [3.05, 3.63) is 23.8 Å². The van der Waals surface area contributed by atoms with Crippen LogP contribution in [0.2, 0.25) is 0 Å². The first-order valence-electron chi connectivity index (χ1n) is 5.50. The van der Waals surface area contributed by atoms with E-state index in [2.05, 4.69) is 0 Å². The maximum atomic E-state index is 11.0. The van der Waals surface area contributed by atoms with Crippen molar-refractivity contribution in [1.82, 2.24) is 0 Å². The van der Waals surface area contributed by atoms with E-state index in [0.29, 0.717) is 17.1 Å². The summed E-state index contributed by atoms with van der Waals surface area (Å²) in [6, 6.07) is 5.03. The first-order valence-corrected chi connectivity index (χ1v) is 7.56. The zero-order valence-corrected chi connectivity index (χ0v) is 11.5. The van der Waals surface area contributed by atoms with Gasteiger partial charge in [0.2, 0.25) is 0 Å². The Bertz CT molecular complexity index is 493. The van der Waals surface area contributed by atoms with Gasteiger partial charge in [0.25, 0.3) is 0 Å². The van der Waals surface area contributed by atoms with Crippen LogP contribution in [-0.4, -0.2) is 39.2 Å². The molecule has 0 unspecified atom stereocenters. The molecule has 102 valence electrons. The first kappa shape index (κ1) is 14.8. The zero-order chi connectivity index (χ0) is 13.8. The van der Waals surface area contributed by atoms with Crippen molar-refractivity contribution < 1.29 is 23.0 Å². The lowest BCUT2D eigenvalue weighted by Crippen LogP contribution is -2.12. The van der Waals surface area contributed by atoms with Crippen LogP contribution in [-0.2, 0) is 9.84 Å². The summed E-state index contributed by atoms with van der Waals surface area (Å²) in [6.07, 6.45) is 0.563. The van der Waals surface area contributed by atoms with Crippen LogP contribution in [0, 0.1) is 0 Å². The maximum absolute atomic E-state index is 11.0. The second-order valence-electron chi connectivity index (χ2n) is 4.06. The van der Waals surface area contributed by atoms with Gasteiger partial charge in [0.1, 0.15) is 6.61 Å². The fourth-order valence-electron chi connectivity index (χ4n) is 1.37. The number of methoxy groups -OCH3 is 1. The molecule has 0 aliphatic carbocycles. The highest BCUT2D eigenvalue weighted by Gasteiger charge is 2.10. The van der Waals surface area contributed by atoms with Crippen LogP contribution in [0.1, 0.15) is 18.6 Å². The lowest BCUT2D eigenvalue weighted by Gasteiger charge is -2.13. The molecule has 0 radical (unpaired) electrons. The molecule has 0 saturated carbocycles. The predicted octanol–water partition coefficient (Wildman–Crippen LogP) is 1.17. The topological polar surface area (TPSA) is 72.8 Å². The fraction of sp³-hybridized carbons (Fsp3) is 0.500. The molecule has 5 nitrogen and oxygen atoms in total. The van der Waals surface area contributed by atoms with Crippen molar-refractivity contribution in [2.75, 3.05) is 25.7 Å².